The van der Waals surface area contributed by atoms with Gasteiger partial charge >= 0.3 is 0 Å². The average Bonchev–Trinajstić information content (AvgIpc) is 2.04. The van der Waals surface area contributed by atoms with Crippen molar-refractivity contribution in [2.45, 2.75) is 37.6 Å². The second-order valence-corrected chi connectivity index (χ2v) is 4.05. The molecule has 0 heterocycles. The Morgan fingerprint density at radius 2 is 1.85 bits per heavy atom. The molecule has 0 spiro atoms. The molecule has 1 amide bonds. The molecule has 0 aromatic carbocycles. The van der Waals surface area contributed by atoms with Crippen LogP contribution in [0.5, 0.6) is 0 Å². The minimum absolute atomic E-state index is 0.0443. The van der Waals surface area contributed by atoms with Crippen LogP contribution >= 0.6 is 0 Å². The van der Waals surface area contributed by atoms with Gasteiger partial charge in [-0.15, -0.1) is 0 Å². The van der Waals surface area contributed by atoms with Crippen LogP contribution in [0.25, 0.3) is 0 Å². The van der Waals surface area contributed by atoms with Gasteiger partial charge in [-0.25, -0.2) is 5.01 Å². The van der Waals surface area contributed by atoms with Crippen molar-refractivity contribution in [3.05, 3.63) is 0 Å². The molecule has 0 radical (unpaired) electrons. The molecule has 0 saturated heterocycles. The van der Waals surface area contributed by atoms with Gasteiger partial charge in [0.15, 0.2) is 0 Å². The topological polar surface area (TPSA) is 58.4 Å². The fourth-order valence-electron chi connectivity index (χ4n) is 1.72. The van der Waals surface area contributed by atoms with Crippen molar-refractivity contribution in [1.29, 1.82) is 0 Å². The molecule has 1 fully saturated rings. The van der Waals surface area contributed by atoms with E-state index in [-0.39, 0.29) is 5.91 Å². The van der Waals surface area contributed by atoms with Gasteiger partial charge in [0.2, 0.25) is 0 Å². The summed E-state index contributed by atoms with van der Waals surface area (Å²) in [5.41, 5.74) is 8.11. The van der Waals surface area contributed by atoms with E-state index in [4.69, 9.17) is 5.73 Å². The number of hydrogen-bond acceptors (Lipinski definition) is 3. The lowest BCUT2D eigenvalue weighted by Crippen LogP contribution is -2.57. The summed E-state index contributed by atoms with van der Waals surface area (Å²) in [5, 5.41) is 1.64. The molecule has 0 aliphatic heterocycles. The predicted octanol–water partition coefficient (Wildman–Crippen LogP) is 0.241. The number of nitrogens with one attached hydrogen (secondary N) is 1. The van der Waals surface area contributed by atoms with Gasteiger partial charge in [-0.1, -0.05) is 19.3 Å². The molecule has 0 bridgehead atoms. The quantitative estimate of drug-likeness (QED) is 0.606. The van der Waals surface area contributed by atoms with Gasteiger partial charge in [0.25, 0.3) is 5.91 Å². The van der Waals surface area contributed by atoms with E-state index in [0.717, 1.165) is 25.7 Å². The highest BCUT2D eigenvalue weighted by molar-refractivity contribution is 5.85. The molecule has 4 heteroatoms. The summed E-state index contributed by atoms with van der Waals surface area (Å²) in [6, 6.07) is 0. The fraction of sp³-hybridized carbons (Fsp3) is 0.889. The Bertz CT molecular complexity index is 185. The normalized spacial score (nSPS) is 21.5. The smallest absolute Gasteiger partial charge is 0.254 e. The van der Waals surface area contributed by atoms with E-state index >= 15 is 0 Å². The minimum Gasteiger partial charge on any atom is -0.317 e. The van der Waals surface area contributed by atoms with Crippen LogP contribution in [0.15, 0.2) is 0 Å². The lowest BCUT2D eigenvalue weighted by atomic mass is 9.82. The Balaban J connectivity index is 2.51. The zero-order chi connectivity index (χ0) is 9.90. The van der Waals surface area contributed by atoms with Crippen molar-refractivity contribution < 1.29 is 4.79 Å². The summed E-state index contributed by atoms with van der Waals surface area (Å²) in [6.07, 6.45) is 4.96. The van der Waals surface area contributed by atoms with Gasteiger partial charge in [0.1, 0.15) is 0 Å². The van der Waals surface area contributed by atoms with E-state index in [1.165, 1.54) is 6.42 Å². The molecule has 0 atom stereocenters. The second kappa shape index (κ2) is 4.07. The van der Waals surface area contributed by atoms with Crippen LogP contribution < -0.4 is 11.2 Å². The highest BCUT2D eigenvalue weighted by atomic mass is 16.2. The summed E-state index contributed by atoms with van der Waals surface area (Å²) in [7, 11) is 3.59. The van der Waals surface area contributed by atoms with Gasteiger partial charge in [-0.05, 0) is 12.8 Å². The molecule has 1 aliphatic carbocycles. The van der Waals surface area contributed by atoms with E-state index in [1.807, 2.05) is 0 Å². The molecule has 0 aromatic rings. The van der Waals surface area contributed by atoms with Crippen LogP contribution in [-0.4, -0.2) is 30.6 Å². The number of nitrogens with zero attached hydrogens (tertiary/aromatic N) is 1. The first-order valence-corrected chi connectivity index (χ1v) is 4.82. The lowest BCUT2D eigenvalue weighted by Gasteiger charge is -2.32. The fourth-order valence-corrected chi connectivity index (χ4v) is 1.72. The first-order chi connectivity index (χ1) is 6.04. The van der Waals surface area contributed by atoms with E-state index in [2.05, 4.69) is 5.43 Å². The largest absolute Gasteiger partial charge is 0.317 e. The summed E-state index contributed by atoms with van der Waals surface area (Å²) >= 11 is 0. The van der Waals surface area contributed by atoms with Gasteiger partial charge in [0.05, 0.1) is 5.54 Å². The van der Waals surface area contributed by atoms with Crippen molar-refractivity contribution in [3.8, 4) is 0 Å². The predicted molar refractivity (Wildman–Crippen MR) is 51.8 cm³/mol. The van der Waals surface area contributed by atoms with E-state index in [9.17, 15) is 4.79 Å². The highest BCUT2D eigenvalue weighted by Gasteiger charge is 2.35. The number of amides is 1. The van der Waals surface area contributed by atoms with Gasteiger partial charge < -0.3 is 5.73 Å². The number of hydrogen-bond donors (Lipinski definition) is 2. The number of carbonyl (C=O) groups is 1. The molecule has 1 rings (SSSR count). The SMILES string of the molecule is CN(C)NC(=O)C1(N)CCCCC1. The van der Waals surface area contributed by atoms with Gasteiger partial charge in [0, 0.05) is 14.1 Å². The van der Waals surface area contributed by atoms with Crippen LogP contribution in [0.3, 0.4) is 0 Å². The van der Waals surface area contributed by atoms with Crippen LogP contribution in [0, 0.1) is 0 Å². The lowest BCUT2D eigenvalue weighted by molar-refractivity contribution is -0.131. The number of carbonyl (C=O) groups excluding carboxylic acids is 1. The molecular weight excluding hydrogens is 166 g/mol. The molecule has 0 aromatic heterocycles. The Morgan fingerprint density at radius 3 is 2.31 bits per heavy atom. The summed E-state index contributed by atoms with van der Waals surface area (Å²) < 4.78 is 0. The van der Waals surface area contributed by atoms with Crippen molar-refractivity contribution >= 4 is 5.91 Å². The maximum Gasteiger partial charge on any atom is 0.254 e. The molecule has 4 nitrogen and oxygen atoms in total. The Kier molecular flexibility index (Phi) is 3.27. The van der Waals surface area contributed by atoms with Crippen LogP contribution in [0.4, 0.5) is 0 Å². The van der Waals surface area contributed by atoms with Crippen molar-refractivity contribution in [3.63, 3.8) is 0 Å². The van der Waals surface area contributed by atoms with Crippen molar-refractivity contribution in [2.75, 3.05) is 14.1 Å². The monoisotopic (exact) mass is 185 g/mol. The van der Waals surface area contributed by atoms with E-state index < -0.39 is 5.54 Å². The van der Waals surface area contributed by atoms with Crippen LogP contribution in [0.1, 0.15) is 32.1 Å². The Labute approximate surface area is 79.4 Å². The molecule has 1 saturated carbocycles. The maximum absolute atomic E-state index is 11.7. The highest BCUT2D eigenvalue weighted by Crippen LogP contribution is 2.25. The van der Waals surface area contributed by atoms with Gasteiger partial charge in [-0.3, -0.25) is 10.2 Å². The molecule has 3 N–H and O–H groups in total. The zero-order valence-corrected chi connectivity index (χ0v) is 8.47. The first-order valence-electron chi connectivity index (χ1n) is 4.82. The molecule has 1 aliphatic rings. The molecule has 76 valence electrons. The third-order valence-electron chi connectivity index (χ3n) is 2.52. The van der Waals surface area contributed by atoms with Gasteiger partial charge in [-0.2, -0.15) is 0 Å². The van der Waals surface area contributed by atoms with Crippen LogP contribution in [-0.2, 0) is 4.79 Å². The van der Waals surface area contributed by atoms with E-state index in [1.54, 1.807) is 19.1 Å². The average molecular weight is 185 g/mol. The molecule has 13 heavy (non-hydrogen) atoms. The molecule has 0 unspecified atom stereocenters. The van der Waals surface area contributed by atoms with Crippen LogP contribution in [0.2, 0.25) is 0 Å². The van der Waals surface area contributed by atoms with Crippen molar-refractivity contribution in [2.24, 2.45) is 5.73 Å². The Hall–Kier alpha value is -0.610. The number of rotatable bonds is 2. The summed E-state index contributed by atoms with van der Waals surface area (Å²) in [6.45, 7) is 0. The van der Waals surface area contributed by atoms with E-state index in [0.29, 0.717) is 0 Å². The minimum atomic E-state index is -0.622. The third kappa shape index (κ3) is 2.67. The maximum atomic E-state index is 11.7. The third-order valence-corrected chi connectivity index (χ3v) is 2.52. The van der Waals surface area contributed by atoms with Crippen molar-refractivity contribution in [1.82, 2.24) is 10.4 Å². The zero-order valence-electron chi connectivity index (χ0n) is 8.47. The Morgan fingerprint density at radius 1 is 1.31 bits per heavy atom. The number of hydrazine groups is 1. The standard InChI is InChI=1S/C9H19N3O/c1-12(2)11-8(13)9(10)6-4-3-5-7-9/h3-7,10H2,1-2H3,(H,11,13). The summed E-state index contributed by atoms with van der Waals surface area (Å²) in [4.78, 5) is 11.7. The second-order valence-electron chi connectivity index (χ2n) is 4.05. The summed E-state index contributed by atoms with van der Waals surface area (Å²) in [5.74, 6) is -0.0443. The number of nitrogens with two attached hydrogens (primary N) is 1. The first kappa shape index (κ1) is 10.5. The molecular formula is C9H19N3O.